The lowest BCUT2D eigenvalue weighted by atomic mass is 10.2. The molecular weight excluding hydrogens is 308 g/mol. The van der Waals surface area contributed by atoms with Crippen LogP contribution < -0.4 is 10.6 Å². The molecular formula is C13H18N4O6. The fraction of sp³-hybridized carbons (Fsp3) is 0.462. The van der Waals surface area contributed by atoms with Gasteiger partial charge in [-0.25, -0.2) is 14.6 Å². The van der Waals surface area contributed by atoms with Crippen molar-refractivity contribution in [2.24, 2.45) is 0 Å². The summed E-state index contributed by atoms with van der Waals surface area (Å²) in [5, 5.41) is 24.9. The Labute approximate surface area is 132 Å². The molecule has 10 nitrogen and oxygen atoms in total. The molecule has 1 amide bonds. The van der Waals surface area contributed by atoms with E-state index in [0.29, 0.717) is 0 Å². The lowest BCUT2D eigenvalue weighted by Gasteiger charge is -2.19. The molecule has 10 heteroatoms. The molecule has 0 bridgehead atoms. The van der Waals surface area contributed by atoms with Crippen molar-refractivity contribution in [3.05, 3.63) is 27.9 Å². The SMILES string of the molecule is CC(C)(C)OC(=O)NCCNc1cc(C(=O)O)c([N+](=O)[O-])cn1. The average molecular weight is 326 g/mol. The minimum absolute atomic E-state index is 0.152. The molecule has 0 fully saturated rings. The summed E-state index contributed by atoms with van der Waals surface area (Å²) < 4.78 is 5.04. The highest BCUT2D eigenvalue weighted by molar-refractivity contribution is 5.93. The zero-order valence-corrected chi connectivity index (χ0v) is 13.0. The number of hydrogen-bond acceptors (Lipinski definition) is 7. The zero-order valence-electron chi connectivity index (χ0n) is 13.0. The summed E-state index contributed by atoms with van der Waals surface area (Å²) in [6, 6.07) is 1.06. The van der Waals surface area contributed by atoms with Crippen molar-refractivity contribution < 1.29 is 24.4 Å². The third kappa shape index (κ3) is 6.16. The lowest BCUT2D eigenvalue weighted by Crippen LogP contribution is -2.35. The average Bonchev–Trinajstić information content (AvgIpc) is 2.41. The van der Waals surface area contributed by atoms with E-state index in [2.05, 4.69) is 15.6 Å². The van der Waals surface area contributed by atoms with Crippen LogP contribution in [0.1, 0.15) is 31.1 Å². The molecule has 1 rings (SSSR count). The van der Waals surface area contributed by atoms with Gasteiger partial charge in [0.05, 0.1) is 4.92 Å². The molecule has 0 aromatic carbocycles. The van der Waals surface area contributed by atoms with Crippen molar-refractivity contribution in [3.63, 3.8) is 0 Å². The maximum atomic E-state index is 11.4. The zero-order chi connectivity index (χ0) is 17.6. The molecule has 0 atom stereocenters. The summed E-state index contributed by atoms with van der Waals surface area (Å²) in [5.74, 6) is -1.27. The van der Waals surface area contributed by atoms with Gasteiger partial charge in [-0.15, -0.1) is 0 Å². The van der Waals surface area contributed by atoms with Gasteiger partial charge in [-0.3, -0.25) is 10.1 Å². The predicted molar refractivity (Wildman–Crippen MR) is 80.6 cm³/mol. The number of hydrogen-bond donors (Lipinski definition) is 3. The minimum atomic E-state index is -1.42. The Kier molecular flexibility index (Phi) is 5.82. The van der Waals surface area contributed by atoms with E-state index < -0.39 is 33.8 Å². The van der Waals surface area contributed by atoms with Crippen molar-refractivity contribution in [2.45, 2.75) is 26.4 Å². The molecule has 0 aliphatic heterocycles. The molecule has 126 valence electrons. The summed E-state index contributed by atoms with van der Waals surface area (Å²) in [5.41, 5.74) is -1.66. The van der Waals surface area contributed by atoms with Crippen LogP contribution in [0.15, 0.2) is 12.3 Å². The van der Waals surface area contributed by atoms with Crippen LogP contribution in [0, 0.1) is 10.1 Å². The number of pyridine rings is 1. The van der Waals surface area contributed by atoms with Crippen LogP contribution in [0.5, 0.6) is 0 Å². The number of carbonyl (C=O) groups excluding carboxylic acids is 1. The number of aromatic carboxylic acids is 1. The Morgan fingerprint density at radius 2 is 2.04 bits per heavy atom. The van der Waals surface area contributed by atoms with Crippen LogP contribution in [0.3, 0.4) is 0 Å². The van der Waals surface area contributed by atoms with Gasteiger partial charge < -0.3 is 20.5 Å². The van der Waals surface area contributed by atoms with E-state index in [-0.39, 0.29) is 18.9 Å². The van der Waals surface area contributed by atoms with E-state index in [4.69, 9.17) is 9.84 Å². The quantitative estimate of drug-likeness (QED) is 0.406. The summed E-state index contributed by atoms with van der Waals surface area (Å²) >= 11 is 0. The van der Waals surface area contributed by atoms with Gasteiger partial charge in [0.15, 0.2) is 0 Å². The Balaban J connectivity index is 2.56. The molecule has 0 saturated heterocycles. The highest BCUT2D eigenvalue weighted by Crippen LogP contribution is 2.19. The molecule has 3 N–H and O–H groups in total. The van der Waals surface area contributed by atoms with Gasteiger partial charge in [-0.2, -0.15) is 0 Å². The summed E-state index contributed by atoms with van der Waals surface area (Å²) in [7, 11) is 0. The van der Waals surface area contributed by atoms with E-state index in [1.165, 1.54) is 0 Å². The monoisotopic (exact) mass is 326 g/mol. The van der Waals surface area contributed by atoms with Crippen LogP contribution in [-0.4, -0.2) is 45.8 Å². The fourth-order valence-corrected chi connectivity index (χ4v) is 1.53. The van der Waals surface area contributed by atoms with Crippen molar-refractivity contribution in [2.75, 3.05) is 18.4 Å². The highest BCUT2D eigenvalue weighted by atomic mass is 16.6. The first-order valence-corrected chi connectivity index (χ1v) is 6.68. The highest BCUT2D eigenvalue weighted by Gasteiger charge is 2.21. The number of anilines is 1. The Bertz CT molecular complexity index is 611. The van der Waals surface area contributed by atoms with Gasteiger partial charge in [0, 0.05) is 19.2 Å². The molecule has 1 aromatic rings. The topological polar surface area (TPSA) is 144 Å². The van der Waals surface area contributed by atoms with Gasteiger partial charge in [-0.1, -0.05) is 0 Å². The first-order chi connectivity index (χ1) is 10.6. The Morgan fingerprint density at radius 3 is 2.57 bits per heavy atom. The number of alkyl carbamates (subject to hydrolysis) is 1. The van der Waals surface area contributed by atoms with Gasteiger partial charge in [0.1, 0.15) is 23.2 Å². The Hall–Kier alpha value is -2.91. The number of nitrogens with zero attached hydrogens (tertiary/aromatic N) is 2. The van der Waals surface area contributed by atoms with Gasteiger partial charge in [0.25, 0.3) is 0 Å². The first-order valence-electron chi connectivity index (χ1n) is 6.68. The number of aromatic nitrogens is 1. The largest absolute Gasteiger partial charge is 0.477 e. The molecule has 0 spiro atoms. The third-order valence-corrected chi connectivity index (χ3v) is 2.41. The number of carboxylic acids is 1. The number of ether oxygens (including phenoxy) is 1. The standard InChI is InChI=1S/C13H18N4O6/c1-13(2,3)23-12(20)15-5-4-14-10-6-8(11(18)19)9(7-16-10)17(21)22/h6-7H,4-5H2,1-3H3,(H,14,16)(H,15,20)(H,18,19). The van der Waals surface area contributed by atoms with Gasteiger partial charge in [0.2, 0.25) is 0 Å². The number of nitro groups is 1. The smallest absolute Gasteiger partial charge is 0.407 e. The second-order valence-electron chi connectivity index (χ2n) is 5.50. The van der Waals surface area contributed by atoms with Crippen molar-refractivity contribution in [3.8, 4) is 0 Å². The fourth-order valence-electron chi connectivity index (χ4n) is 1.53. The number of carboxylic acid groups (broad SMARTS) is 1. The summed E-state index contributed by atoms with van der Waals surface area (Å²) in [4.78, 5) is 36.1. The van der Waals surface area contributed by atoms with E-state index in [1.807, 2.05) is 0 Å². The van der Waals surface area contributed by atoms with Gasteiger partial charge >= 0.3 is 17.7 Å². The molecule has 1 aromatic heterocycles. The first kappa shape index (κ1) is 18.1. The molecule has 0 aliphatic rings. The van der Waals surface area contributed by atoms with Crippen molar-refractivity contribution in [1.29, 1.82) is 0 Å². The molecule has 0 radical (unpaired) electrons. The predicted octanol–water partition coefficient (Wildman–Crippen LogP) is 1.62. The molecule has 23 heavy (non-hydrogen) atoms. The van der Waals surface area contributed by atoms with Crippen molar-refractivity contribution >= 4 is 23.6 Å². The van der Waals surface area contributed by atoms with E-state index in [0.717, 1.165) is 12.3 Å². The summed E-state index contributed by atoms with van der Waals surface area (Å²) in [6.07, 6.45) is 0.287. The second-order valence-corrected chi connectivity index (χ2v) is 5.50. The van der Waals surface area contributed by atoms with Crippen LogP contribution in [0.25, 0.3) is 0 Å². The maximum Gasteiger partial charge on any atom is 0.407 e. The normalized spacial score (nSPS) is 10.7. The molecule has 0 saturated carbocycles. The maximum absolute atomic E-state index is 11.4. The van der Waals surface area contributed by atoms with E-state index in [9.17, 15) is 19.7 Å². The van der Waals surface area contributed by atoms with Crippen LogP contribution in [-0.2, 0) is 4.74 Å². The van der Waals surface area contributed by atoms with Gasteiger partial charge in [-0.05, 0) is 20.8 Å². The number of amides is 1. The lowest BCUT2D eigenvalue weighted by molar-refractivity contribution is -0.385. The minimum Gasteiger partial charge on any atom is -0.477 e. The van der Waals surface area contributed by atoms with Crippen LogP contribution in [0.4, 0.5) is 16.3 Å². The Morgan fingerprint density at radius 1 is 1.39 bits per heavy atom. The van der Waals surface area contributed by atoms with Crippen LogP contribution >= 0.6 is 0 Å². The van der Waals surface area contributed by atoms with Crippen molar-refractivity contribution in [1.82, 2.24) is 10.3 Å². The number of rotatable bonds is 6. The summed E-state index contributed by atoms with van der Waals surface area (Å²) in [6.45, 7) is 5.65. The number of nitrogens with one attached hydrogen (secondary N) is 2. The van der Waals surface area contributed by atoms with Crippen LogP contribution in [0.2, 0.25) is 0 Å². The molecule has 0 aliphatic carbocycles. The number of carbonyl (C=O) groups is 2. The second kappa shape index (κ2) is 7.38. The third-order valence-electron chi connectivity index (χ3n) is 2.41. The van der Waals surface area contributed by atoms with E-state index in [1.54, 1.807) is 20.8 Å². The molecule has 1 heterocycles. The molecule has 0 unspecified atom stereocenters. The van der Waals surface area contributed by atoms with E-state index >= 15 is 0 Å².